The van der Waals surface area contributed by atoms with E-state index in [-0.39, 0.29) is 17.4 Å². The van der Waals surface area contributed by atoms with Crippen LogP contribution in [0, 0.1) is 0 Å². The van der Waals surface area contributed by atoms with E-state index in [0.29, 0.717) is 5.75 Å². The van der Waals surface area contributed by atoms with Crippen molar-refractivity contribution in [3.8, 4) is 11.5 Å². The van der Waals surface area contributed by atoms with E-state index in [1.54, 1.807) is 13.8 Å². The van der Waals surface area contributed by atoms with Crippen molar-refractivity contribution < 1.29 is 27.8 Å². The lowest BCUT2D eigenvalue weighted by Gasteiger charge is -2.15. The third kappa shape index (κ3) is 4.52. The van der Waals surface area contributed by atoms with Crippen molar-refractivity contribution in [3.63, 3.8) is 0 Å². The molecule has 17 heavy (non-hydrogen) atoms. The minimum absolute atomic E-state index is 0.130. The summed E-state index contributed by atoms with van der Waals surface area (Å²) >= 11 is 0. The third-order valence-electron chi connectivity index (χ3n) is 1.80. The second kappa shape index (κ2) is 5.27. The summed E-state index contributed by atoms with van der Waals surface area (Å²) in [5.74, 6) is -0.0327. The zero-order chi connectivity index (χ0) is 13.1. The second-order valence-corrected chi connectivity index (χ2v) is 3.64. The number of benzene rings is 1. The average molecular weight is 250 g/mol. The van der Waals surface area contributed by atoms with Gasteiger partial charge in [0.25, 0.3) is 0 Å². The van der Waals surface area contributed by atoms with Crippen molar-refractivity contribution in [2.75, 3.05) is 0 Å². The fourth-order valence-corrected chi connectivity index (χ4v) is 1.25. The van der Waals surface area contributed by atoms with Gasteiger partial charge in [0.1, 0.15) is 11.5 Å². The van der Waals surface area contributed by atoms with E-state index < -0.39 is 13.0 Å². The Balaban J connectivity index is 2.92. The molecule has 0 aliphatic carbocycles. The predicted octanol–water partition coefficient (Wildman–Crippen LogP) is 2.86. The highest BCUT2D eigenvalue weighted by molar-refractivity contribution is 5.40. The minimum atomic E-state index is -4.74. The number of rotatable bonds is 4. The van der Waals surface area contributed by atoms with E-state index in [2.05, 4.69) is 4.74 Å². The van der Waals surface area contributed by atoms with Crippen molar-refractivity contribution in [1.29, 1.82) is 0 Å². The average Bonchev–Trinajstić information content (AvgIpc) is 2.17. The molecule has 0 radical (unpaired) electrons. The zero-order valence-corrected chi connectivity index (χ0v) is 9.41. The Hall–Kier alpha value is -1.43. The minimum Gasteiger partial charge on any atom is -0.491 e. The maximum absolute atomic E-state index is 12.0. The summed E-state index contributed by atoms with van der Waals surface area (Å²) < 4.78 is 45.0. The Bertz CT molecular complexity index is 375. The van der Waals surface area contributed by atoms with Crippen LogP contribution in [-0.4, -0.2) is 17.6 Å². The van der Waals surface area contributed by atoms with Gasteiger partial charge in [0.05, 0.1) is 12.7 Å². The van der Waals surface area contributed by atoms with Crippen molar-refractivity contribution in [3.05, 3.63) is 23.8 Å². The van der Waals surface area contributed by atoms with Gasteiger partial charge in [0, 0.05) is 5.56 Å². The maximum Gasteiger partial charge on any atom is 0.573 e. The smallest absolute Gasteiger partial charge is 0.491 e. The van der Waals surface area contributed by atoms with E-state index in [0.717, 1.165) is 12.1 Å². The van der Waals surface area contributed by atoms with Gasteiger partial charge in [-0.05, 0) is 32.0 Å². The molecule has 3 nitrogen and oxygen atoms in total. The van der Waals surface area contributed by atoms with Gasteiger partial charge in [-0.2, -0.15) is 0 Å². The molecule has 0 aliphatic rings. The highest BCUT2D eigenvalue weighted by Crippen LogP contribution is 2.29. The van der Waals surface area contributed by atoms with E-state index in [4.69, 9.17) is 9.84 Å². The molecule has 0 bridgehead atoms. The number of halogens is 3. The Labute approximate surface area is 96.8 Å². The molecule has 1 N–H and O–H groups in total. The summed E-state index contributed by atoms with van der Waals surface area (Å²) in [5, 5.41) is 9.04. The van der Waals surface area contributed by atoms with Crippen LogP contribution in [0.4, 0.5) is 13.2 Å². The van der Waals surface area contributed by atoms with Crippen molar-refractivity contribution in [2.45, 2.75) is 32.9 Å². The molecule has 0 saturated heterocycles. The van der Waals surface area contributed by atoms with E-state index in [9.17, 15) is 13.2 Å². The number of hydrogen-bond acceptors (Lipinski definition) is 3. The molecule has 6 heteroatoms. The Morgan fingerprint density at radius 3 is 2.41 bits per heavy atom. The summed E-state index contributed by atoms with van der Waals surface area (Å²) in [7, 11) is 0. The van der Waals surface area contributed by atoms with Crippen LogP contribution in [-0.2, 0) is 6.61 Å². The molecule has 0 heterocycles. The summed E-state index contributed by atoms with van der Waals surface area (Å²) in [6, 6.07) is 3.59. The van der Waals surface area contributed by atoms with Gasteiger partial charge in [-0.3, -0.25) is 0 Å². The van der Waals surface area contributed by atoms with Crippen molar-refractivity contribution in [2.24, 2.45) is 0 Å². The van der Waals surface area contributed by atoms with Gasteiger partial charge < -0.3 is 14.6 Å². The Morgan fingerprint density at radius 2 is 1.94 bits per heavy atom. The molecule has 1 rings (SSSR count). The molecule has 0 aliphatic heterocycles. The maximum atomic E-state index is 12.0. The summed E-state index contributed by atoms with van der Waals surface area (Å²) in [6.45, 7) is 3.14. The first kappa shape index (κ1) is 13.6. The molecule has 0 amide bonds. The molecule has 0 atom stereocenters. The van der Waals surface area contributed by atoms with E-state index in [1.807, 2.05) is 0 Å². The van der Waals surface area contributed by atoms with Gasteiger partial charge in [0.2, 0.25) is 0 Å². The Morgan fingerprint density at radius 1 is 1.29 bits per heavy atom. The molecule has 0 aromatic heterocycles. The quantitative estimate of drug-likeness (QED) is 0.893. The van der Waals surface area contributed by atoms with Crippen LogP contribution in [0.2, 0.25) is 0 Å². The predicted molar refractivity (Wildman–Crippen MR) is 54.8 cm³/mol. The van der Waals surface area contributed by atoms with E-state index in [1.165, 1.54) is 6.07 Å². The van der Waals surface area contributed by atoms with Crippen LogP contribution >= 0.6 is 0 Å². The highest BCUT2D eigenvalue weighted by Gasteiger charge is 2.31. The number of ether oxygens (including phenoxy) is 2. The molecule has 1 aromatic carbocycles. The lowest BCUT2D eigenvalue weighted by molar-refractivity contribution is -0.274. The topological polar surface area (TPSA) is 38.7 Å². The second-order valence-electron chi connectivity index (χ2n) is 3.64. The van der Waals surface area contributed by atoms with Crippen LogP contribution < -0.4 is 9.47 Å². The van der Waals surface area contributed by atoms with Gasteiger partial charge in [0.15, 0.2) is 0 Å². The standard InChI is InChI=1S/C11H13F3O3/c1-7(2)16-10-4-3-9(5-8(10)6-15)17-11(12,13)14/h3-5,7,15H,6H2,1-2H3. The summed E-state index contributed by atoms with van der Waals surface area (Å²) in [5.41, 5.74) is 0.250. The van der Waals surface area contributed by atoms with Crippen molar-refractivity contribution >= 4 is 0 Å². The molecule has 1 aromatic rings. The van der Waals surface area contributed by atoms with Crippen LogP contribution in [0.15, 0.2) is 18.2 Å². The zero-order valence-electron chi connectivity index (χ0n) is 9.41. The summed E-state index contributed by atoms with van der Waals surface area (Å²) in [4.78, 5) is 0. The lowest BCUT2D eigenvalue weighted by Crippen LogP contribution is -2.17. The van der Waals surface area contributed by atoms with Crippen LogP contribution in [0.1, 0.15) is 19.4 Å². The van der Waals surface area contributed by atoms with Gasteiger partial charge in [-0.25, -0.2) is 0 Å². The molecule has 0 saturated carbocycles. The molecule has 96 valence electrons. The number of alkyl halides is 3. The number of hydrogen-bond donors (Lipinski definition) is 1. The monoisotopic (exact) mass is 250 g/mol. The SMILES string of the molecule is CC(C)Oc1ccc(OC(F)(F)F)cc1CO. The molecular weight excluding hydrogens is 237 g/mol. The summed E-state index contributed by atoms with van der Waals surface area (Å²) in [6.07, 6.45) is -4.87. The largest absolute Gasteiger partial charge is 0.573 e. The van der Waals surface area contributed by atoms with Gasteiger partial charge >= 0.3 is 6.36 Å². The molecular formula is C11H13F3O3. The molecule has 0 unspecified atom stereocenters. The van der Waals surface area contributed by atoms with Crippen LogP contribution in [0.5, 0.6) is 11.5 Å². The van der Waals surface area contributed by atoms with Gasteiger partial charge in [-0.15, -0.1) is 13.2 Å². The normalized spacial score (nSPS) is 11.7. The number of aliphatic hydroxyl groups is 1. The highest BCUT2D eigenvalue weighted by atomic mass is 19.4. The van der Waals surface area contributed by atoms with E-state index >= 15 is 0 Å². The molecule has 0 fully saturated rings. The molecule has 0 spiro atoms. The third-order valence-corrected chi connectivity index (χ3v) is 1.80. The first-order valence-electron chi connectivity index (χ1n) is 4.98. The first-order chi connectivity index (χ1) is 7.81. The fraction of sp³-hybridized carbons (Fsp3) is 0.455. The first-order valence-corrected chi connectivity index (χ1v) is 4.98. The van der Waals surface area contributed by atoms with Gasteiger partial charge in [-0.1, -0.05) is 0 Å². The number of aliphatic hydroxyl groups excluding tert-OH is 1. The van der Waals surface area contributed by atoms with Crippen LogP contribution in [0.3, 0.4) is 0 Å². The Kier molecular flexibility index (Phi) is 4.22. The van der Waals surface area contributed by atoms with Crippen LogP contribution in [0.25, 0.3) is 0 Å². The fourth-order valence-electron chi connectivity index (χ4n) is 1.25. The lowest BCUT2D eigenvalue weighted by atomic mass is 10.2. The van der Waals surface area contributed by atoms with Crippen molar-refractivity contribution in [1.82, 2.24) is 0 Å².